The van der Waals surface area contributed by atoms with Crippen LogP contribution in [-0.2, 0) is 19.7 Å². The highest BCUT2D eigenvalue weighted by Gasteiger charge is 2.32. The summed E-state index contributed by atoms with van der Waals surface area (Å²) >= 11 is 5.98. The van der Waals surface area contributed by atoms with Gasteiger partial charge in [-0.05, 0) is 36.8 Å². The quantitative estimate of drug-likeness (QED) is 0.335. The van der Waals surface area contributed by atoms with Crippen molar-refractivity contribution in [3.63, 3.8) is 0 Å². The summed E-state index contributed by atoms with van der Waals surface area (Å²) in [7, 11) is -4.57. The normalized spacial score (nSPS) is 19.6. The largest absolute Gasteiger partial charge is 0.747 e. The standard InChI is InChI=1S/C18H16N2O7S3/c1-11(8-14-17(23)19(9-16(21)22)18(28)29-14)6-7-15-20(10-30(24,25)26)12-4-2-3-5-13(12)27-15/h2-8H,9-10H2,1H3,(H,21,22)(H,24,25,26)/p-2/b11-6?,14-8+,15-7?. The van der Waals surface area contributed by atoms with Gasteiger partial charge in [0.25, 0.3) is 5.91 Å². The molecule has 3 rings (SSSR count). The van der Waals surface area contributed by atoms with Gasteiger partial charge in [0.2, 0.25) is 5.88 Å². The second kappa shape index (κ2) is 8.60. The number of hydrogen-bond acceptors (Lipinski definition) is 10. The number of anilines is 1. The third-order valence-corrected chi connectivity index (χ3v) is 5.88. The van der Waals surface area contributed by atoms with E-state index in [9.17, 15) is 27.7 Å². The van der Waals surface area contributed by atoms with E-state index in [0.29, 0.717) is 17.0 Å². The molecule has 1 amide bonds. The fourth-order valence-corrected chi connectivity index (χ4v) is 4.58. The molecule has 2 aliphatic rings. The minimum Gasteiger partial charge on any atom is -0.747 e. The number of carboxylic acids is 1. The van der Waals surface area contributed by atoms with E-state index in [1.165, 1.54) is 17.1 Å². The number of nitrogens with zero attached hydrogens (tertiary/aromatic N) is 2. The number of amides is 1. The number of hydrogen-bond donors (Lipinski definition) is 0. The van der Waals surface area contributed by atoms with Crippen molar-refractivity contribution in [1.29, 1.82) is 0 Å². The van der Waals surface area contributed by atoms with Gasteiger partial charge in [0.1, 0.15) is 20.3 Å². The first-order chi connectivity index (χ1) is 14.0. The Hall–Kier alpha value is -2.67. The Morgan fingerprint density at radius 3 is 2.67 bits per heavy atom. The number of fused-ring (bicyclic) bond motifs is 1. The van der Waals surface area contributed by atoms with E-state index >= 15 is 0 Å². The van der Waals surface area contributed by atoms with E-state index in [0.717, 1.165) is 16.7 Å². The molecule has 9 nitrogen and oxygen atoms in total. The summed E-state index contributed by atoms with van der Waals surface area (Å²) < 4.78 is 39.6. The summed E-state index contributed by atoms with van der Waals surface area (Å²) in [5, 5.41) is 10.8. The lowest BCUT2D eigenvalue weighted by atomic mass is 10.2. The van der Waals surface area contributed by atoms with Gasteiger partial charge < -0.3 is 19.2 Å². The first kappa shape index (κ1) is 22.0. The minimum absolute atomic E-state index is 0.114. The van der Waals surface area contributed by atoms with Gasteiger partial charge in [0.05, 0.1) is 23.1 Å². The zero-order valence-electron chi connectivity index (χ0n) is 15.4. The molecule has 30 heavy (non-hydrogen) atoms. The summed E-state index contributed by atoms with van der Waals surface area (Å²) in [6, 6.07) is 6.66. The van der Waals surface area contributed by atoms with Crippen molar-refractivity contribution in [2.24, 2.45) is 0 Å². The Morgan fingerprint density at radius 2 is 2.00 bits per heavy atom. The van der Waals surface area contributed by atoms with Gasteiger partial charge in [-0.2, -0.15) is 0 Å². The van der Waals surface area contributed by atoms with Crippen LogP contribution in [0.2, 0.25) is 0 Å². The molecule has 0 atom stereocenters. The molecule has 1 saturated heterocycles. The maximum Gasteiger partial charge on any atom is 0.266 e. The molecule has 0 spiro atoms. The monoisotopic (exact) mass is 466 g/mol. The minimum atomic E-state index is -4.57. The van der Waals surface area contributed by atoms with E-state index in [2.05, 4.69) is 0 Å². The first-order valence-corrected chi connectivity index (χ1v) is 11.2. The van der Waals surface area contributed by atoms with Crippen LogP contribution in [0.5, 0.6) is 5.75 Å². The average Bonchev–Trinajstić information content (AvgIpc) is 3.11. The molecule has 0 unspecified atom stereocenters. The third kappa shape index (κ3) is 5.08. The van der Waals surface area contributed by atoms with E-state index in [1.54, 1.807) is 37.3 Å². The fraction of sp³-hybridized carbons (Fsp3) is 0.167. The second-order valence-electron chi connectivity index (χ2n) is 6.24. The zero-order chi connectivity index (χ0) is 22.1. The molecule has 0 saturated carbocycles. The Bertz CT molecular complexity index is 1120. The van der Waals surface area contributed by atoms with E-state index in [-0.39, 0.29) is 15.1 Å². The second-order valence-corrected chi connectivity index (χ2v) is 9.29. The van der Waals surface area contributed by atoms with Crippen molar-refractivity contribution in [2.75, 3.05) is 17.3 Å². The van der Waals surface area contributed by atoms with Crippen molar-refractivity contribution >= 4 is 56.0 Å². The first-order valence-electron chi connectivity index (χ1n) is 8.37. The molecular weight excluding hydrogens is 452 g/mol. The van der Waals surface area contributed by atoms with Crippen molar-refractivity contribution in [3.05, 3.63) is 58.9 Å². The topological polar surface area (TPSA) is 130 Å². The number of carbonyl (C=O) groups is 2. The molecular formula is C18H14N2O7S3-2. The maximum atomic E-state index is 12.3. The number of thioether (sulfide) groups is 1. The summed E-state index contributed by atoms with van der Waals surface area (Å²) in [6.45, 7) is 1.05. The van der Waals surface area contributed by atoms with Crippen LogP contribution in [0.25, 0.3) is 0 Å². The number of carboxylic acid groups (broad SMARTS) is 1. The van der Waals surface area contributed by atoms with Gasteiger partial charge in [-0.1, -0.05) is 42.2 Å². The number of rotatable bonds is 6. The van der Waals surface area contributed by atoms with Gasteiger partial charge in [0.15, 0.2) is 5.75 Å². The van der Waals surface area contributed by atoms with Crippen LogP contribution in [0.3, 0.4) is 0 Å². The average molecular weight is 467 g/mol. The van der Waals surface area contributed by atoms with Crippen LogP contribution in [0.15, 0.2) is 58.9 Å². The Balaban J connectivity index is 1.84. The molecule has 1 fully saturated rings. The molecule has 158 valence electrons. The molecule has 0 radical (unpaired) electrons. The SMILES string of the molecule is CC(=CC=C1Oc2ccccc2N1CS(=O)(=O)[O-])/C=C1/SC(=S)N(CC(=O)[O-])C1=O. The zero-order valence-corrected chi connectivity index (χ0v) is 17.9. The summed E-state index contributed by atoms with van der Waals surface area (Å²) in [5.74, 6) is -2.23. The number of benzene rings is 1. The predicted octanol–water partition coefficient (Wildman–Crippen LogP) is 0.670. The molecule has 1 aromatic rings. The maximum absolute atomic E-state index is 12.3. The van der Waals surface area contributed by atoms with Crippen LogP contribution >= 0.6 is 24.0 Å². The number of thiocarbonyl (C=S) groups is 1. The molecule has 1 aromatic carbocycles. The summed E-state index contributed by atoms with van der Waals surface area (Å²) in [5.41, 5.74) is 1.03. The lowest BCUT2D eigenvalue weighted by molar-refractivity contribution is -0.305. The number of aliphatic carboxylic acids is 1. The molecule has 0 N–H and O–H groups in total. The Kier molecular flexibility index (Phi) is 6.31. The van der Waals surface area contributed by atoms with Crippen LogP contribution in [0, 0.1) is 0 Å². The number of allylic oxidation sites excluding steroid dienone is 4. The van der Waals surface area contributed by atoms with Crippen LogP contribution in [0.1, 0.15) is 6.92 Å². The Labute approximate surface area is 182 Å². The Morgan fingerprint density at radius 1 is 1.30 bits per heavy atom. The highest BCUT2D eigenvalue weighted by molar-refractivity contribution is 8.26. The van der Waals surface area contributed by atoms with E-state index in [1.807, 2.05) is 0 Å². The van der Waals surface area contributed by atoms with Crippen LogP contribution in [0.4, 0.5) is 5.69 Å². The predicted molar refractivity (Wildman–Crippen MR) is 111 cm³/mol. The molecule has 0 bridgehead atoms. The van der Waals surface area contributed by atoms with E-state index in [4.69, 9.17) is 17.0 Å². The van der Waals surface area contributed by atoms with Gasteiger partial charge in [-0.15, -0.1) is 0 Å². The highest BCUT2D eigenvalue weighted by atomic mass is 32.2. The smallest absolute Gasteiger partial charge is 0.266 e. The molecule has 0 aliphatic carbocycles. The molecule has 12 heteroatoms. The number of para-hydroxylation sites is 2. The van der Waals surface area contributed by atoms with Crippen molar-refractivity contribution in [1.82, 2.24) is 4.90 Å². The van der Waals surface area contributed by atoms with E-state index < -0.39 is 34.4 Å². The number of carbonyl (C=O) groups excluding carboxylic acids is 2. The van der Waals surface area contributed by atoms with Crippen molar-refractivity contribution in [3.8, 4) is 5.75 Å². The van der Waals surface area contributed by atoms with Crippen molar-refractivity contribution in [2.45, 2.75) is 6.92 Å². The van der Waals surface area contributed by atoms with Gasteiger partial charge in [-0.25, -0.2) is 8.42 Å². The highest BCUT2D eigenvalue weighted by Crippen LogP contribution is 2.39. The van der Waals surface area contributed by atoms with Gasteiger partial charge in [-0.3, -0.25) is 14.6 Å². The van der Waals surface area contributed by atoms with Gasteiger partial charge in [0, 0.05) is 0 Å². The summed E-state index contributed by atoms with van der Waals surface area (Å²) in [6.07, 6.45) is 4.55. The molecule has 0 aromatic heterocycles. The lowest BCUT2D eigenvalue weighted by Crippen LogP contribution is -2.40. The fourth-order valence-electron chi connectivity index (χ4n) is 2.69. The lowest BCUT2D eigenvalue weighted by Gasteiger charge is -2.19. The van der Waals surface area contributed by atoms with Gasteiger partial charge >= 0.3 is 0 Å². The van der Waals surface area contributed by atoms with Crippen LogP contribution < -0.4 is 14.7 Å². The third-order valence-electron chi connectivity index (χ3n) is 3.93. The number of ether oxygens (including phenoxy) is 1. The van der Waals surface area contributed by atoms with Crippen LogP contribution in [-0.4, -0.2) is 46.5 Å². The summed E-state index contributed by atoms with van der Waals surface area (Å²) in [4.78, 5) is 25.4. The molecule has 2 aliphatic heterocycles. The van der Waals surface area contributed by atoms with Crippen molar-refractivity contribution < 1.29 is 32.4 Å². The molecule has 2 heterocycles.